The number of benzene rings is 2. The molecule has 1 heterocycles. The van der Waals surface area contributed by atoms with Gasteiger partial charge < -0.3 is 19.5 Å². The number of aliphatic hydroxyl groups is 1. The molecule has 0 radical (unpaired) electrons. The fraction of sp³-hybridized carbons (Fsp3) is 0.360. The molecule has 0 bridgehead atoms. The quantitative estimate of drug-likeness (QED) is 0.378. The zero-order valence-electron chi connectivity index (χ0n) is 18.4. The number of carbonyl (C=O) groups excluding carboxylic acids is 2. The largest absolute Gasteiger partial charge is 0.507 e. The van der Waals surface area contributed by atoms with Gasteiger partial charge in [-0.15, -0.1) is 0 Å². The Balaban J connectivity index is 2.14. The summed E-state index contributed by atoms with van der Waals surface area (Å²) in [5, 5.41) is 11.2. The van der Waals surface area contributed by atoms with E-state index >= 15 is 0 Å². The van der Waals surface area contributed by atoms with Crippen molar-refractivity contribution in [3.05, 3.63) is 65.2 Å². The molecule has 6 nitrogen and oxygen atoms in total. The first kappa shape index (κ1) is 22.4. The summed E-state index contributed by atoms with van der Waals surface area (Å²) in [6.07, 6.45) is 1.60. The summed E-state index contributed by atoms with van der Waals surface area (Å²) in [5.74, 6) is -0.295. The van der Waals surface area contributed by atoms with E-state index in [1.54, 1.807) is 48.4 Å². The third-order valence-electron chi connectivity index (χ3n) is 5.18. The van der Waals surface area contributed by atoms with Crippen molar-refractivity contribution in [3.63, 3.8) is 0 Å². The molecule has 1 atom stereocenters. The first-order valence-electron chi connectivity index (χ1n) is 10.6. The van der Waals surface area contributed by atoms with Crippen LogP contribution in [0, 0.1) is 0 Å². The number of rotatable bonds is 8. The third kappa shape index (κ3) is 4.74. The average molecular weight is 424 g/mol. The van der Waals surface area contributed by atoms with Crippen LogP contribution in [0.15, 0.2) is 54.1 Å². The van der Waals surface area contributed by atoms with Gasteiger partial charge in [-0.25, -0.2) is 0 Å². The van der Waals surface area contributed by atoms with E-state index in [9.17, 15) is 14.7 Å². The second kappa shape index (κ2) is 9.69. The lowest BCUT2D eigenvalue weighted by Gasteiger charge is -2.25. The molecule has 6 heteroatoms. The standard InChI is InChI=1S/C25H29NO5/c1-5-6-13-26-22(17-9-7-11-19(14-17)30-4)21(24(28)25(26)29)23(27)18-10-8-12-20(15-18)31-16(2)3/h7-12,14-16,22,27H,5-6,13H2,1-4H3/b23-21-. The zero-order valence-corrected chi connectivity index (χ0v) is 18.4. The van der Waals surface area contributed by atoms with Crippen LogP contribution in [0.1, 0.15) is 50.8 Å². The molecule has 1 saturated heterocycles. The summed E-state index contributed by atoms with van der Waals surface area (Å²) in [4.78, 5) is 27.4. The fourth-order valence-electron chi connectivity index (χ4n) is 3.74. The first-order chi connectivity index (χ1) is 14.9. The van der Waals surface area contributed by atoms with Crippen LogP contribution in [0.3, 0.4) is 0 Å². The van der Waals surface area contributed by atoms with E-state index < -0.39 is 17.7 Å². The van der Waals surface area contributed by atoms with Crippen molar-refractivity contribution >= 4 is 17.4 Å². The van der Waals surface area contributed by atoms with Crippen LogP contribution in [0.4, 0.5) is 0 Å². The summed E-state index contributed by atoms with van der Waals surface area (Å²) in [5.41, 5.74) is 1.22. The topological polar surface area (TPSA) is 76.1 Å². The maximum absolute atomic E-state index is 13.0. The summed E-state index contributed by atoms with van der Waals surface area (Å²) in [7, 11) is 1.56. The molecule has 31 heavy (non-hydrogen) atoms. The van der Waals surface area contributed by atoms with E-state index in [0.717, 1.165) is 12.8 Å². The number of amides is 1. The number of unbranched alkanes of at least 4 members (excludes halogenated alkanes) is 1. The highest BCUT2D eigenvalue weighted by atomic mass is 16.5. The molecule has 0 spiro atoms. The summed E-state index contributed by atoms with van der Waals surface area (Å²) in [6, 6.07) is 13.5. The fourth-order valence-corrected chi connectivity index (χ4v) is 3.74. The molecule has 164 valence electrons. The number of ketones is 1. The predicted molar refractivity (Wildman–Crippen MR) is 119 cm³/mol. The molecule has 3 rings (SSSR count). The highest BCUT2D eigenvalue weighted by molar-refractivity contribution is 6.46. The number of nitrogens with zero attached hydrogens (tertiary/aromatic N) is 1. The molecule has 1 N–H and O–H groups in total. The van der Waals surface area contributed by atoms with E-state index in [-0.39, 0.29) is 17.4 Å². The third-order valence-corrected chi connectivity index (χ3v) is 5.18. The smallest absolute Gasteiger partial charge is 0.295 e. The maximum Gasteiger partial charge on any atom is 0.295 e. The lowest BCUT2D eigenvalue weighted by molar-refractivity contribution is -0.139. The van der Waals surface area contributed by atoms with Crippen molar-refractivity contribution in [2.24, 2.45) is 0 Å². The van der Waals surface area contributed by atoms with Gasteiger partial charge in [0, 0.05) is 12.1 Å². The van der Waals surface area contributed by atoms with Crippen LogP contribution in [0.5, 0.6) is 11.5 Å². The number of methoxy groups -OCH3 is 1. The van der Waals surface area contributed by atoms with Crippen LogP contribution in [-0.2, 0) is 9.59 Å². The second-order valence-electron chi connectivity index (χ2n) is 7.82. The monoisotopic (exact) mass is 423 g/mol. The van der Waals surface area contributed by atoms with E-state index in [1.807, 2.05) is 32.9 Å². The van der Waals surface area contributed by atoms with Crippen molar-refractivity contribution in [1.82, 2.24) is 4.90 Å². The minimum absolute atomic E-state index is 0.0335. The molecule has 2 aromatic carbocycles. The van der Waals surface area contributed by atoms with Crippen molar-refractivity contribution in [2.45, 2.75) is 45.8 Å². The van der Waals surface area contributed by atoms with Gasteiger partial charge in [0.25, 0.3) is 11.7 Å². The minimum Gasteiger partial charge on any atom is -0.507 e. The Morgan fingerprint density at radius 1 is 1.10 bits per heavy atom. The summed E-state index contributed by atoms with van der Waals surface area (Å²) >= 11 is 0. The van der Waals surface area contributed by atoms with Crippen molar-refractivity contribution in [3.8, 4) is 11.5 Å². The summed E-state index contributed by atoms with van der Waals surface area (Å²) in [6.45, 7) is 6.27. The maximum atomic E-state index is 13.0. The van der Waals surface area contributed by atoms with Crippen molar-refractivity contribution in [2.75, 3.05) is 13.7 Å². The van der Waals surface area contributed by atoms with Gasteiger partial charge >= 0.3 is 0 Å². The highest BCUT2D eigenvalue weighted by Gasteiger charge is 2.45. The molecule has 1 fully saturated rings. The van der Waals surface area contributed by atoms with Crippen LogP contribution in [0.2, 0.25) is 0 Å². The van der Waals surface area contributed by atoms with Gasteiger partial charge in [-0.3, -0.25) is 9.59 Å². The molecule has 0 aliphatic carbocycles. The van der Waals surface area contributed by atoms with Gasteiger partial charge in [-0.2, -0.15) is 0 Å². The first-order valence-corrected chi connectivity index (χ1v) is 10.6. The van der Waals surface area contributed by atoms with Gasteiger partial charge in [0.15, 0.2) is 0 Å². The molecule has 1 unspecified atom stereocenters. The van der Waals surface area contributed by atoms with Gasteiger partial charge in [0.05, 0.1) is 24.8 Å². The number of aliphatic hydroxyl groups excluding tert-OH is 1. The van der Waals surface area contributed by atoms with Gasteiger partial charge in [0.2, 0.25) is 0 Å². The summed E-state index contributed by atoms with van der Waals surface area (Å²) < 4.78 is 11.1. The molecule has 1 aliphatic rings. The van der Waals surface area contributed by atoms with Crippen molar-refractivity contribution in [1.29, 1.82) is 0 Å². The van der Waals surface area contributed by atoms with E-state index in [2.05, 4.69) is 0 Å². The Kier molecular flexibility index (Phi) is 7.00. The molecule has 0 saturated carbocycles. The zero-order chi connectivity index (χ0) is 22.5. The Labute approximate surface area is 183 Å². The number of ether oxygens (including phenoxy) is 2. The molecular weight excluding hydrogens is 394 g/mol. The number of Topliss-reactive ketones (excluding diaryl/α,β-unsaturated/α-hetero) is 1. The Morgan fingerprint density at radius 3 is 2.48 bits per heavy atom. The van der Waals surface area contributed by atoms with Crippen molar-refractivity contribution < 1.29 is 24.2 Å². The Hall–Kier alpha value is -3.28. The van der Waals surface area contributed by atoms with Gasteiger partial charge in [-0.1, -0.05) is 37.6 Å². The number of carbonyl (C=O) groups is 2. The number of likely N-dealkylation sites (tertiary alicyclic amines) is 1. The van der Waals surface area contributed by atoms with Gasteiger partial charge in [-0.05, 0) is 50.1 Å². The van der Waals surface area contributed by atoms with Crippen LogP contribution >= 0.6 is 0 Å². The lowest BCUT2D eigenvalue weighted by atomic mass is 9.95. The average Bonchev–Trinajstić information content (AvgIpc) is 3.01. The van der Waals surface area contributed by atoms with E-state index in [4.69, 9.17) is 9.47 Å². The van der Waals surface area contributed by atoms with Crippen LogP contribution in [-0.4, -0.2) is 41.5 Å². The SMILES string of the molecule is CCCCN1C(=O)C(=O)/C(=C(\O)c2cccc(OC(C)C)c2)C1c1cccc(OC)c1. The minimum atomic E-state index is -0.684. The molecule has 0 aromatic heterocycles. The predicted octanol–water partition coefficient (Wildman–Crippen LogP) is 4.70. The molecule has 2 aromatic rings. The lowest BCUT2D eigenvalue weighted by Crippen LogP contribution is -2.30. The van der Waals surface area contributed by atoms with Crippen LogP contribution < -0.4 is 9.47 Å². The molecule has 1 amide bonds. The number of hydrogen-bond acceptors (Lipinski definition) is 5. The highest BCUT2D eigenvalue weighted by Crippen LogP contribution is 2.40. The van der Waals surface area contributed by atoms with E-state index in [1.165, 1.54) is 0 Å². The number of hydrogen-bond donors (Lipinski definition) is 1. The molecular formula is C25H29NO5. The molecule has 1 aliphatic heterocycles. The van der Waals surface area contributed by atoms with Gasteiger partial charge in [0.1, 0.15) is 17.3 Å². The Bertz CT molecular complexity index is 995. The van der Waals surface area contributed by atoms with Crippen LogP contribution in [0.25, 0.3) is 5.76 Å². The normalized spacial score (nSPS) is 18.0. The Morgan fingerprint density at radius 2 is 1.81 bits per heavy atom. The second-order valence-corrected chi connectivity index (χ2v) is 7.82. The van der Waals surface area contributed by atoms with E-state index in [0.29, 0.717) is 29.2 Å².